The zero-order valence-corrected chi connectivity index (χ0v) is 14.0. The Hall–Kier alpha value is -3.16. The van der Waals surface area contributed by atoms with Crippen molar-refractivity contribution in [1.29, 1.82) is 0 Å². The summed E-state index contributed by atoms with van der Waals surface area (Å²) in [6.45, 7) is 2.68. The average Bonchev–Trinajstić information content (AvgIpc) is 3.13. The molecule has 0 saturated carbocycles. The molecular weight excluding hydrogens is 320 g/mol. The van der Waals surface area contributed by atoms with E-state index in [4.69, 9.17) is 0 Å². The Labute approximate surface area is 143 Å². The fourth-order valence-electron chi connectivity index (χ4n) is 3.14. The molecule has 0 aromatic carbocycles. The van der Waals surface area contributed by atoms with Gasteiger partial charge in [0, 0.05) is 31.2 Å². The largest absolute Gasteiger partial charge is 0.351 e. The van der Waals surface area contributed by atoms with Gasteiger partial charge in [0.25, 0.3) is 11.8 Å². The lowest BCUT2D eigenvalue weighted by atomic mass is 10.2. The van der Waals surface area contributed by atoms with Crippen molar-refractivity contribution in [2.24, 2.45) is 7.05 Å². The summed E-state index contributed by atoms with van der Waals surface area (Å²) in [6.07, 6.45) is 4.11. The van der Waals surface area contributed by atoms with Gasteiger partial charge < -0.3 is 15.2 Å². The van der Waals surface area contributed by atoms with Gasteiger partial charge in [0.05, 0.1) is 11.9 Å². The molecule has 8 nitrogen and oxygen atoms in total. The number of fused-ring (bicyclic) bond motifs is 3. The lowest BCUT2D eigenvalue weighted by Crippen LogP contribution is -2.22. The van der Waals surface area contributed by atoms with E-state index in [0.29, 0.717) is 29.3 Å². The van der Waals surface area contributed by atoms with E-state index in [0.717, 1.165) is 11.8 Å². The van der Waals surface area contributed by atoms with E-state index in [1.165, 1.54) is 0 Å². The van der Waals surface area contributed by atoms with Gasteiger partial charge in [-0.1, -0.05) is 0 Å². The summed E-state index contributed by atoms with van der Waals surface area (Å²) >= 11 is 0. The number of rotatable bonds is 2. The van der Waals surface area contributed by atoms with Gasteiger partial charge >= 0.3 is 0 Å². The second kappa shape index (κ2) is 5.73. The highest BCUT2D eigenvalue weighted by molar-refractivity contribution is 6.04. The molecule has 128 valence electrons. The molecule has 4 heterocycles. The highest BCUT2D eigenvalue weighted by Gasteiger charge is 2.24. The van der Waals surface area contributed by atoms with Crippen molar-refractivity contribution in [3.05, 3.63) is 42.0 Å². The van der Waals surface area contributed by atoms with Crippen LogP contribution in [0.25, 0.3) is 11.0 Å². The maximum Gasteiger partial charge on any atom is 0.274 e. The lowest BCUT2D eigenvalue weighted by molar-refractivity contribution is 0.0950. The maximum atomic E-state index is 12.5. The van der Waals surface area contributed by atoms with Gasteiger partial charge in [0.2, 0.25) is 0 Å². The lowest BCUT2D eigenvalue weighted by Gasteiger charge is -2.13. The molecule has 0 bridgehead atoms. The molecule has 2 amide bonds. The Morgan fingerprint density at radius 3 is 3.00 bits per heavy atom. The number of nitrogens with one attached hydrogen (secondary N) is 2. The molecule has 3 aromatic heterocycles. The molecule has 2 N–H and O–H groups in total. The van der Waals surface area contributed by atoms with Crippen LogP contribution in [0.4, 0.5) is 5.69 Å². The SMILES string of the molecule is CC1CCNC(=O)c2cc3ccc(C(=O)Nc4cnn(C)c4)nc3n21. The molecular formula is C17H18N6O2. The Kier molecular flexibility index (Phi) is 3.52. The maximum absolute atomic E-state index is 12.5. The fourth-order valence-corrected chi connectivity index (χ4v) is 3.14. The fraction of sp³-hybridized carbons (Fsp3) is 0.294. The topological polar surface area (TPSA) is 93.8 Å². The Bertz CT molecular complexity index is 986. The van der Waals surface area contributed by atoms with Crippen molar-refractivity contribution < 1.29 is 9.59 Å². The van der Waals surface area contributed by atoms with Gasteiger partial charge in [-0.05, 0) is 31.5 Å². The predicted octanol–water partition coefficient (Wildman–Crippen LogP) is 1.72. The number of hydrogen-bond acceptors (Lipinski definition) is 4. The first-order valence-corrected chi connectivity index (χ1v) is 8.13. The third-order valence-electron chi connectivity index (χ3n) is 4.40. The molecule has 0 aliphatic carbocycles. The highest BCUT2D eigenvalue weighted by Crippen LogP contribution is 2.26. The molecule has 3 aromatic rings. The molecule has 4 rings (SSSR count). The van der Waals surface area contributed by atoms with Crippen LogP contribution in [0.15, 0.2) is 30.6 Å². The van der Waals surface area contributed by atoms with Crippen LogP contribution in [0.1, 0.15) is 40.4 Å². The number of aromatic nitrogens is 4. The minimum absolute atomic E-state index is 0.108. The highest BCUT2D eigenvalue weighted by atomic mass is 16.2. The molecule has 25 heavy (non-hydrogen) atoms. The van der Waals surface area contributed by atoms with E-state index in [9.17, 15) is 9.59 Å². The predicted molar refractivity (Wildman–Crippen MR) is 92.6 cm³/mol. The zero-order chi connectivity index (χ0) is 17.6. The third kappa shape index (κ3) is 2.65. The Morgan fingerprint density at radius 2 is 2.24 bits per heavy atom. The summed E-state index contributed by atoms with van der Waals surface area (Å²) in [7, 11) is 1.78. The molecule has 1 aliphatic rings. The first-order valence-electron chi connectivity index (χ1n) is 8.13. The van der Waals surface area contributed by atoms with Crippen molar-refractivity contribution >= 4 is 28.5 Å². The number of carbonyl (C=O) groups excluding carboxylic acids is 2. The summed E-state index contributed by atoms with van der Waals surface area (Å²) in [4.78, 5) is 29.2. The average molecular weight is 338 g/mol. The summed E-state index contributed by atoms with van der Waals surface area (Å²) in [5.41, 5.74) is 2.14. The number of anilines is 1. The van der Waals surface area contributed by atoms with Gasteiger partial charge in [-0.15, -0.1) is 0 Å². The second-order valence-electron chi connectivity index (χ2n) is 6.26. The molecule has 0 spiro atoms. The van der Waals surface area contributed by atoms with Crippen LogP contribution in [-0.2, 0) is 7.05 Å². The smallest absolute Gasteiger partial charge is 0.274 e. The van der Waals surface area contributed by atoms with Gasteiger partial charge in [-0.25, -0.2) is 4.98 Å². The number of carbonyl (C=O) groups is 2. The number of aryl methyl sites for hydroxylation is 1. The van der Waals surface area contributed by atoms with E-state index in [1.807, 2.05) is 23.6 Å². The van der Waals surface area contributed by atoms with Crippen molar-refractivity contribution in [1.82, 2.24) is 24.6 Å². The van der Waals surface area contributed by atoms with Crippen LogP contribution in [0.2, 0.25) is 0 Å². The van der Waals surface area contributed by atoms with Crippen LogP contribution in [0, 0.1) is 0 Å². The second-order valence-corrected chi connectivity index (χ2v) is 6.26. The summed E-state index contributed by atoms with van der Waals surface area (Å²) in [5, 5.41) is 10.5. The van der Waals surface area contributed by atoms with E-state index < -0.39 is 0 Å². The number of pyridine rings is 1. The zero-order valence-electron chi connectivity index (χ0n) is 14.0. The van der Waals surface area contributed by atoms with Crippen LogP contribution in [-0.4, -0.2) is 37.7 Å². The Balaban J connectivity index is 1.74. The minimum Gasteiger partial charge on any atom is -0.351 e. The molecule has 0 radical (unpaired) electrons. The van der Waals surface area contributed by atoms with Gasteiger partial charge in [-0.2, -0.15) is 5.10 Å². The first kappa shape index (κ1) is 15.4. The normalized spacial score (nSPS) is 17.0. The van der Waals surface area contributed by atoms with Gasteiger partial charge in [-0.3, -0.25) is 14.3 Å². The van der Waals surface area contributed by atoms with Crippen LogP contribution >= 0.6 is 0 Å². The third-order valence-corrected chi connectivity index (χ3v) is 4.40. The van der Waals surface area contributed by atoms with Crippen molar-refractivity contribution in [3.8, 4) is 0 Å². The quantitative estimate of drug-likeness (QED) is 0.744. The van der Waals surface area contributed by atoms with E-state index in [2.05, 4.69) is 20.7 Å². The van der Waals surface area contributed by atoms with Gasteiger partial charge in [0.1, 0.15) is 17.0 Å². The first-order chi connectivity index (χ1) is 12.0. The van der Waals surface area contributed by atoms with Crippen LogP contribution in [0.5, 0.6) is 0 Å². The van der Waals surface area contributed by atoms with Crippen LogP contribution in [0.3, 0.4) is 0 Å². The van der Waals surface area contributed by atoms with E-state index in [-0.39, 0.29) is 17.9 Å². The standard InChI is InChI=1S/C17H18N6O2/c1-10-5-6-18-17(25)14-7-11-3-4-13(21-15(11)23(10)14)16(24)20-12-8-19-22(2)9-12/h3-4,7-10H,5-6H2,1-2H3,(H,18,25)(H,20,24). The number of hydrogen-bond donors (Lipinski definition) is 2. The number of nitrogens with zero attached hydrogens (tertiary/aromatic N) is 4. The number of amides is 2. The molecule has 1 unspecified atom stereocenters. The van der Waals surface area contributed by atoms with Crippen molar-refractivity contribution in [2.75, 3.05) is 11.9 Å². The van der Waals surface area contributed by atoms with Crippen LogP contribution < -0.4 is 10.6 Å². The summed E-state index contributed by atoms with van der Waals surface area (Å²) < 4.78 is 3.53. The molecule has 0 fully saturated rings. The van der Waals surface area contributed by atoms with E-state index in [1.54, 1.807) is 30.2 Å². The molecule has 1 atom stereocenters. The summed E-state index contributed by atoms with van der Waals surface area (Å²) in [5.74, 6) is -0.417. The minimum atomic E-state index is -0.309. The molecule has 1 aliphatic heterocycles. The van der Waals surface area contributed by atoms with Crippen molar-refractivity contribution in [3.63, 3.8) is 0 Å². The summed E-state index contributed by atoms with van der Waals surface area (Å²) in [6, 6.07) is 5.43. The molecule has 8 heteroatoms. The molecule has 0 saturated heterocycles. The monoisotopic (exact) mass is 338 g/mol. The van der Waals surface area contributed by atoms with Crippen molar-refractivity contribution in [2.45, 2.75) is 19.4 Å². The van der Waals surface area contributed by atoms with Gasteiger partial charge in [0.15, 0.2) is 0 Å². The Morgan fingerprint density at radius 1 is 1.40 bits per heavy atom. The van der Waals surface area contributed by atoms with E-state index >= 15 is 0 Å².